The standard InChI is InChI=1S/C39H22N4O2/c40-23-24-18-19-26(22-35(24)43-38(44)27-12-4-5-13-28(27)39(43)45)42-32-17-9-7-15-30(32)37-34(42)21-20-33-36(37)29-14-6-8-16-31(29)41(33)25-10-2-1-3-11-25/h1-22H. The number of benzene rings is 6. The summed E-state index contributed by atoms with van der Waals surface area (Å²) >= 11 is 0. The zero-order valence-electron chi connectivity index (χ0n) is 23.8. The van der Waals surface area contributed by atoms with Crippen molar-refractivity contribution >= 4 is 61.1 Å². The number of aromatic nitrogens is 2. The van der Waals surface area contributed by atoms with Gasteiger partial charge in [-0.15, -0.1) is 0 Å². The molecule has 3 heterocycles. The molecule has 0 saturated carbocycles. The van der Waals surface area contributed by atoms with Crippen molar-refractivity contribution in [2.75, 3.05) is 4.90 Å². The number of para-hydroxylation sites is 3. The molecule has 9 rings (SSSR count). The fourth-order valence-corrected chi connectivity index (χ4v) is 7.00. The van der Waals surface area contributed by atoms with Crippen molar-refractivity contribution in [2.45, 2.75) is 0 Å². The van der Waals surface area contributed by atoms with E-state index >= 15 is 0 Å². The van der Waals surface area contributed by atoms with Crippen LogP contribution in [0, 0.1) is 11.3 Å². The first-order valence-electron chi connectivity index (χ1n) is 14.7. The van der Waals surface area contributed by atoms with Gasteiger partial charge in [0.25, 0.3) is 11.8 Å². The normalized spacial score (nSPS) is 12.9. The summed E-state index contributed by atoms with van der Waals surface area (Å²) in [6.07, 6.45) is 0. The summed E-state index contributed by atoms with van der Waals surface area (Å²) in [6.45, 7) is 0. The van der Waals surface area contributed by atoms with Gasteiger partial charge in [0.05, 0.1) is 44.4 Å². The molecule has 0 radical (unpaired) electrons. The number of carbonyl (C=O) groups excluding carboxylic acids is 2. The van der Waals surface area contributed by atoms with Gasteiger partial charge in [0.2, 0.25) is 0 Å². The molecule has 0 aliphatic carbocycles. The van der Waals surface area contributed by atoms with Crippen molar-refractivity contribution in [3.63, 3.8) is 0 Å². The van der Waals surface area contributed by atoms with E-state index in [0.717, 1.165) is 59.9 Å². The van der Waals surface area contributed by atoms with Crippen molar-refractivity contribution in [2.24, 2.45) is 0 Å². The van der Waals surface area contributed by atoms with E-state index in [-0.39, 0.29) is 11.3 Å². The summed E-state index contributed by atoms with van der Waals surface area (Å²) in [5.41, 5.74) is 7.22. The topological polar surface area (TPSA) is 71.0 Å². The number of fused-ring (bicyclic) bond motifs is 8. The third kappa shape index (κ3) is 3.38. The Balaban J connectivity index is 1.35. The van der Waals surface area contributed by atoms with Crippen LogP contribution >= 0.6 is 0 Å². The minimum Gasteiger partial charge on any atom is -0.309 e. The van der Waals surface area contributed by atoms with Crippen LogP contribution < -0.4 is 4.90 Å². The monoisotopic (exact) mass is 578 g/mol. The third-order valence-electron chi connectivity index (χ3n) is 8.88. The van der Waals surface area contributed by atoms with Crippen LogP contribution in [-0.2, 0) is 0 Å². The third-order valence-corrected chi connectivity index (χ3v) is 8.88. The summed E-state index contributed by atoms with van der Waals surface area (Å²) < 4.78 is 4.46. The van der Waals surface area contributed by atoms with Crippen LogP contribution in [0.3, 0.4) is 0 Å². The highest BCUT2D eigenvalue weighted by molar-refractivity contribution is 6.35. The number of hydrogen-bond acceptors (Lipinski definition) is 3. The maximum Gasteiger partial charge on any atom is 0.266 e. The molecule has 0 N–H and O–H groups in total. The van der Waals surface area contributed by atoms with Crippen LogP contribution in [0.4, 0.5) is 5.69 Å². The number of anilines is 1. The van der Waals surface area contributed by atoms with Gasteiger partial charge in [0.15, 0.2) is 0 Å². The summed E-state index contributed by atoms with van der Waals surface area (Å²) in [4.78, 5) is 28.1. The molecule has 0 bridgehead atoms. The second kappa shape index (κ2) is 9.27. The average molecular weight is 579 g/mol. The smallest absolute Gasteiger partial charge is 0.266 e. The van der Waals surface area contributed by atoms with Crippen molar-refractivity contribution in [1.82, 2.24) is 9.13 Å². The van der Waals surface area contributed by atoms with Crippen molar-refractivity contribution in [3.05, 3.63) is 150 Å². The fourth-order valence-electron chi connectivity index (χ4n) is 7.00. The number of rotatable bonds is 3. The Kier molecular flexibility index (Phi) is 5.17. The fraction of sp³-hybridized carbons (Fsp3) is 0. The van der Waals surface area contributed by atoms with E-state index < -0.39 is 11.8 Å². The Morgan fingerprint density at radius 2 is 1.00 bits per heavy atom. The molecule has 8 aromatic rings. The summed E-state index contributed by atoms with van der Waals surface area (Å²) in [5, 5.41) is 14.5. The van der Waals surface area contributed by atoms with Crippen LogP contribution in [-0.4, -0.2) is 20.9 Å². The van der Waals surface area contributed by atoms with E-state index in [1.54, 1.807) is 36.4 Å². The van der Waals surface area contributed by atoms with Crippen LogP contribution in [0.1, 0.15) is 26.3 Å². The molecule has 0 atom stereocenters. The minimum absolute atomic E-state index is 0.252. The predicted octanol–water partition coefficient (Wildman–Crippen LogP) is 8.55. The zero-order valence-corrected chi connectivity index (χ0v) is 23.8. The molecule has 210 valence electrons. The Bertz CT molecular complexity index is 2570. The highest BCUT2D eigenvalue weighted by atomic mass is 16.2. The molecular weight excluding hydrogens is 556 g/mol. The average Bonchev–Trinajstić information content (AvgIpc) is 3.70. The van der Waals surface area contributed by atoms with E-state index in [1.807, 2.05) is 24.3 Å². The molecular formula is C39H22N4O2. The molecule has 45 heavy (non-hydrogen) atoms. The first kappa shape index (κ1) is 25.1. The van der Waals surface area contributed by atoms with Crippen molar-refractivity contribution in [3.8, 4) is 17.4 Å². The van der Waals surface area contributed by atoms with Gasteiger partial charge in [0.1, 0.15) is 6.07 Å². The van der Waals surface area contributed by atoms with E-state index in [9.17, 15) is 14.9 Å². The summed E-state index contributed by atoms with van der Waals surface area (Å²) in [5.74, 6) is -0.858. The largest absolute Gasteiger partial charge is 0.309 e. The maximum absolute atomic E-state index is 13.5. The quantitative estimate of drug-likeness (QED) is 0.197. The Labute approximate surface area is 257 Å². The Hall–Kier alpha value is -6.45. The second-order valence-electron chi connectivity index (χ2n) is 11.2. The van der Waals surface area contributed by atoms with Crippen LogP contribution in [0.2, 0.25) is 0 Å². The maximum atomic E-state index is 13.5. The van der Waals surface area contributed by atoms with Gasteiger partial charge < -0.3 is 9.13 Å². The number of nitriles is 1. The Morgan fingerprint density at radius 1 is 0.489 bits per heavy atom. The molecule has 2 amide bonds. The molecule has 2 aromatic heterocycles. The molecule has 6 heteroatoms. The highest BCUT2D eigenvalue weighted by Crippen LogP contribution is 2.43. The number of amides is 2. The molecule has 0 spiro atoms. The number of nitrogens with zero attached hydrogens (tertiary/aromatic N) is 4. The van der Waals surface area contributed by atoms with E-state index in [1.165, 1.54) is 0 Å². The number of hydrogen-bond donors (Lipinski definition) is 0. The first-order valence-corrected chi connectivity index (χ1v) is 14.7. The lowest BCUT2D eigenvalue weighted by atomic mass is 10.1. The molecule has 1 aliphatic rings. The van der Waals surface area contributed by atoms with Crippen LogP contribution in [0.25, 0.3) is 55.0 Å². The lowest BCUT2D eigenvalue weighted by molar-refractivity contribution is 0.0926. The van der Waals surface area contributed by atoms with Crippen molar-refractivity contribution in [1.29, 1.82) is 5.26 Å². The second-order valence-corrected chi connectivity index (χ2v) is 11.2. The van der Waals surface area contributed by atoms with Crippen molar-refractivity contribution < 1.29 is 9.59 Å². The molecule has 0 saturated heterocycles. The summed E-state index contributed by atoms with van der Waals surface area (Å²) in [6, 6.07) is 45.7. The molecule has 0 fully saturated rings. The first-order chi connectivity index (χ1) is 22.2. The van der Waals surface area contributed by atoms with Gasteiger partial charge in [-0.1, -0.05) is 66.7 Å². The molecule has 1 aliphatic heterocycles. The van der Waals surface area contributed by atoms with E-state index in [4.69, 9.17) is 0 Å². The number of carbonyl (C=O) groups is 2. The van der Waals surface area contributed by atoms with Gasteiger partial charge in [-0.2, -0.15) is 5.26 Å². The zero-order chi connectivity index (χ0) is 30.2. The highest BCUT2D eigenvalue weighted by Gasteiger charge is 2.37. The predicted molar refractivity (Wildman–Crippen MR) is 177 cm³/mol. The molecule has 6 nitrogen and oxygen atoms in total. The van der Waals surface area contributed by atoms with E-state index in [2.05, 4.69) is 88.0 Å². The summed E-state index contributed by atoms with van der Waals surface area (Å²) in [7, 11) is 0. The van der Waals surface area contributed by atoms with Gasteiger partial charge in [-0.25, -0.2) is 4.90 Å². The lowest BCUT2D eigenvalue weighted by Crippen LogP contribution is -2.30. The SMILES string of the molecule is N#Cc1ccc(-n2c3ccccc3c3c4c5ccccc5n(-c5ccccc5)c4ccc32)cc1N1C(=O)c2ccccc2C1=O. The molecule has 0 unspecified atom stereocenters. The van der Waals surface area contributed by atoms with Gasteiger partial charge in [-0.05, 0) is 66.7 Å². The number of imide groups is 1. The van der Waals surface area contributed by atoms with Crippen LogP contribution in [0.5, 0.6) is 0 Å². The minimum atomic E-state index is -0.429. The molecule has 6 aromatic carbocycles. The van der Waals surface area contributed by atoms with E-state index in [0.29, 0.717) is 11.1 Å². The lowest BCUT2D eigenvalue weighted by Gasteiger charge is -2.18. The van der Waals surface area contributed by atoms with Crippen LogP contribution in [0.15, 0.2) is 133 Å². The van der Waals surface area contributed by atoms with Gasteiger partial charge in [-0.3, -0.25) is 9.59 Å². The Morgan fingerprint density at radius 3 is 1.58 bits per heavy atom. The van der Waals surface area contributed by atoms with Gasteiger partial charge in [0, 0.05) is 32.9 Å². The van der Waals surface area contributed by atoms with Gasteiger partial charge >= 0.3 is 0 Å².